The zero-order valence-corrected chi connectivity index (χ0v) is 11.2. The van der Waals surface area contributed by atoms with Crippen molar-refractivity contribution in [2.75, 3.05) is 13.1 Å². The highest BCUT2D eigenvalue weighted by atomic mass is 32.2. The number of carbonyl (C=O) groups is 2. The lowest BCUT2D eigenvalue weighted by atomic mass is 9.90. The fourth-order valence-electron chi connectivity index (χ4n) is 2.56. The summed E-state index contributed by atoms with van der Waals surface area (Å²) in [5.74, 6) is -0.480. The van der Waals surface area contributed by atoms with Crippen LogP contribution in [0.15, 0.2) is 17.3 Å². The quantitative estimate of drug-likeness (QED) is 0.590. The minimum absolute atomic E-state index is 0.0284. The van der Waals surface area contributed by atoms with Gasteiger partial charge in [-0.25, -0.2) is 13.2 Å². The molecular formula is C10H13N5O4S. The van der Waals surface area contributed by atoms with E-state index in [0.29, 0.717) is 19.4 Å². The van der Waals surface area contributed by atoms with Crippen LogP contribution < -0.4 is 10.6 Å². The summed E-state index contributed by atoms with van der Waals surface area (Å²) in [6.45, 7) is 0.220. The van der Waals surface area contributed by atoms with Crippen LogP contribution in [0.4, 0.5) is 4.79 Å². The Balaban J connectivity index is 1.90. The number of aromatic amines is 1. The number of piperidine rings is 1. The van der Waals surface area contributed by atoms with E-state index in [1.165, 1.54) is 16.6 Å². The Hall–Kier alpha value is -1.94. The first-order valence-electron chi connectivity index (χ1n) is 6.07. The fraction of sp³-hybridized carbons (Fsp3) is 0.500. The molecule has 1 aromatic heterocycles. The molecule has 0 bridgehead atoms. The SMILES string of the molecule is O=C1NC(=O)C2(CCCN(S(=O)(=O)c3ccn[nH]3)C2)N1. The van der Waals surface area contributed by atoms with E-state index in [9.17, 15) is 18.0 Å². The summed E-state index contributed by atoms with van der Waals surface area (Å²) in [6.07, 6.45) is 2.25. The highest BCUT2D eigenvalue weighted by Gasteiger charge is 2.50. The van der Waals surface area contributed by atoms with Gasteiger partial charge in [-0.1, -0.05) is 0 Å². The first-order chi connectivity index (χ1) is 9.44. The molecule has 20 heavy (non-hydrogen) atoms. The van der Waals surface area contributed by atoms with E-state index in [1.54, 1.807) is 0 Å². The Morgan fingerprint density at radius 1 is 1.35 bits per heavy atom. The standard InChI is InChI=1S/C10H13N5O4S/c16-8-10(13-9(17)12-8)3-1-5-15(6-10)20(18,19)7-2-4-11-14-7/h2,4H,1,3,5-6H2,(H,11,14)(H2,12,13,16,17). The third-order valence-corrected chi connectivity index (χ3v) is 5.34. The van der Waals surface area contributed by atoms with E-state index in [-0.39, 0.29) is 11.6 Å². The number of nitrogens with zero attached hydrogens (tertiary/aromatic N) is 2. The van der Waals surface area contributed by atoms with Crippen molar-refractivity contribution in [3.63, 3.8) is 0 Å². The molecule has 1 spiro atoms. The second-order valence-electron chi connectivity index (χ2n) is 4.85. The van der Waals surface area contributed by atoms with E-state index in [2.05, 4.69) is 20.8 Å². The van der Waals surface area contributed by atoms with Crippen LogP contribution in [0.3, 0.4) is 0 Å². The number of amides is 3. The number of imide groups is 1. The topological polar surface area (TPSA) is 124 Å². The highest BCUT2D eigenvalue weighted by molar-refractivity contribution is 7.89. The van der Waals surface area contributed by atoms with Gasteiger partial charge in [-0.05, 0) is 18.9 Å². The van der Waals surface area contributed by atoms with Crippen LogP contribution in [-0.2, 0) is 14.8 Å². The third-order valence-electron chi connectivity index (χ3n) is 3.56. The third kappa shape index (κ3) is 1.88. The predicted octanol–water partition coefficient (Wildman–Crippen LogP) is -1.23. The van der Waals surface area contributed by atoms with Crippen molar-refractivity contribution < 1.29 is 18.0 Å². The van der Waals surface area contributed by atoms with Crippen LogP contribution in [0, 0.1) is 0 Å². The maximum Gasteiger partial charge on any atom is 0.322 e. The molecule has 3 amide bonds. The largest absolute Gasteiger partial charge is 0.322 e. The maximum atomic E-state index is 12.4. The van der Waals surface area contributed by atoms with Crippen molar-refractivity contribution in [3.05, 3.63) is 12.3 Å². The number of urea groups is 1. The first-order valence-corrected chi connectivity index (χ1v) is 7.51. The van der Waals surface area contributed by atoms with Crippen molar-refractivity contribution in [2.24, 2.45) is 0 Å². The summed E-state index contributed by atoms with van der Waals surface area (Å²) >= 11 is 0. The highest BCUT2D eigenvalue weighted by Crippen LogP contribution is 2.27. The molecule has 3 N–H and O–H groups in total. The Morgan fingerprint density at radius 2 is 2.15 bits per heavy atom. The van der Waals surface area contributed by atoms with Gasteiger partial charge in [0.25, 0.3) is 15.9 Å². The smallest absolute Gasteiger partial charge is 0.322 e. The number of H-pyrrole nitrogens is 1. The lowest BCUT2D eigenvalue weighted by molar-refractivity contribution is -0.125. The molecule has 3 heterocycles. The number of hydrogen-bond donors (Lipinski definition) is 3. The fourth-order valence-corrected chi connectivity index (χ4v) is 4.00. The van der Waals surface area contributed by atoms with Gasteiger partial charge in [0, 0.05) is 13.1 Å². The minimum atomic E-state index is -3.74. The number of aromatic nitrogens is 2. The Labute approximate surface area is 114 Å². The van der Waals surface area contributed by atoms with Crippen molar-refractivity contribution in [2.45, 2.75) is 23.4 Å². The molecule has 1 atom stereocenters. The summed E-state index contributed by atoms with van der Waals surface area (Å²) in [7, 11) is -3.74. The molecule has 2 aliphatic heterocycles. The number of nitrogens with one attached hydrogen (secondary N) is 3. The molecule has 0 saturated carbocycles. The second kappa shape index (κ2) is 4.28. The van der Waals surface area contributed by atoms with Gasteiger partial charge in [-0.2, -0.15) is 9.40 Å². The average molecular weight is 299 g/mol. The molecule has 0 aliphatic carbocycles. The van der Waals surface area contributed by atoms with E-state index >= 15 is 0 Å². The molecule has 0 radical (unpaired) electrons. The van der Waals surface area contributed by atoms with Gasteiger partial charge >= 0.3 is 6.03 Å². The number of carbonyl (C=O) groups excluding carboxylic acids is 2. The summed E-state index contributed by atoms with van der Waals surface area (Å²) in [4.78, 5) is 23.2. The summed E-state index contributed by atoms with van der Waals surface area (Å²) in [5, 5.41) is 10.7. The van der Waals surface area contributed by atoms with Gasteiger partial charge in [0.2, 0.25) is 0 Å². The van der Waals surface area contributed by atoms with Crippen LogP contribution in [0.2, 0.25) is 0 Å². The van der Waals surface area contributed by atoms with E-state index in [1.807, 2.05) is 0 Å². The summed E-state index contributed by atoms with van der Waals surface area (Å²) in [6, 6.07) is 0.764. The number of hydrogen-bond acceptors (Lipinski definition) is 5. The van der Waals surface area contributed by atoms with Crippen LogP contribution in [0.5, 0.6) is 0 Å². The van der Waals surface area contributed by atoms with Crippen molar-refractivity contribution >= 4 is 22.0 Å². The van der Waals surface area contributed by atoms with E-state index in [4.69, 9.17) is 0 Å². The summed E-state index contributed by atoms with van der Waals surface area (Å²) < 4.78 is 26.0. The van der Waals surface area contributed by atoms with Crippen LogP contribution in [0.1, 0.15) is 12.8 Å². The molecule has 2 saturated heterocycles. The molecule has 1 aromatic rings. The molecule has 10 heteroatoms. The lowest BCUT2D eigenvalue weighted by Crippen LogP contribution is -2.59. The van der Waals surface area contributed by atoms with Gasteiger partial charge in [-0.15, -0.1) is 0 Å². The second-order valence-corrected chi connectivity index (χ2v) is 6.76. The zero-order valence-electron chi connectivity index (χ0n) is 10.4. The van der Waals surface area contributed by atoms with E-state index in [0.717, 1.165) is 0 Å². The van der Waals surface area contributed by atoms with Crippen molar-refractivity contribution in [1.82, 2.24) is 25.1 Å². The lowest BCUT2D eigenvalue weighted by Gasteiger charge is -2.36. The normalized spacial score (nSPS) is 27.6. The molecule has 2 fully saturated rings. The minimum Gasteiger partial charge on any atom is -0.322 e. The Morgan fingerprint density at radius 3 is 2.75 bits per heavy atom. The van der Waals surface area contributed by atoms with Gasteiger partial charge in [0.1, 0.15) is 5.54 Å². The number of rotatable bonds is 2. The molecule has 1 unspecified atom stereocenters. The monoisotopic (exact) mass is 299 g/mol. The van der Waals surface area contributed by atoms with Crippen LogP contribution >= 0.6 is 0 Å². The van der Waals surface area contributed by atoms with Gasteiger partial charge in [0.05, 0.1) is 6.20 Å². The molecule has 3 rings (SSSR count). The van der Waals surface area contributed by atoms with Crippen molar-refractivity contribution in [1.29, 1.82) is 0 Å². The van der Waals surface area contributed by atoms with Gasteiger partial charge < -0.3 is 5.32 Å². The first kappa shape index (κ1) is 13.1. The zero-order chi connectivity index (χ0) is 14.4. The van der Waals surface area contributed by atoms with Crippen LogP contribution in [-0.4, -0.2) is 53.5 Å². The van der Waals surface area contributed by atoms with Gasteiger partial charge in [0.15, 0.2) is 5.03 Å². The molecule has 0 aromatic carbocycles. The molecule has 108 valence electrons. The Kier molecular flexibility index (Phi) is 2.80. The molecule has 2 aliphatic rings. The summed E-state index contributed by atoms with van der Waals surface area (Å²) in [5.41, 5.74) is -1.16. The molecule has 9 nitrogen and oxygen atoms in total. The maximum absolute atomic E-state index is 12.4. The predicted molar refractivity (Wildman–Crippen MR) is 66.0 cm³/mol. The number of sulfonamides is 1. The van der Waals surface area contributed by atoms with E-state index < -0.39 is 27.5 Å². The van der Waals surface area contributed by atoms with Crippen LogP contribution in [0.25, 0.3) is 0 Å². The van der Waals surface area contributed by atoms with Gasteiger partial charge in [-0.3, -0.25) is 15.2 Å². The average Bonchev–Trinajstić information content (AvgIpc) is 3.00. The Bertz CT molecular complexity index is 655. The van der Waals surface area contributed by atoms with Crippen molar-refractivity contribution in [3.8, 4) is 0 Å². The molecular weight excluding hydrogens is 286 g/mol.